The van der Waals surface area contributed by atoms with E-state index in [0.717, 1.165) is 5.56 Å². The van der Waals surface area contributed by atoms with Gasteiger partial charge in [-0.15, -0.1) is 0 Å². The molecule has 0 spiro atoms. The maximum atomic E-state index is 12.0. The Labute approximate surface area is 150 Å². The third-order valence-electron chi connectivity index (χ3n) is 3.59. The first-order valence-corrected chi connectivity index (χ1v) is 7.83. The highest BCUT2D eigenvalue weighted by molar-refractivity contribution is 5.92. The third-order valence-corrected chi connectivity index (χ3v) is 3.59. The number of nitro benzene ring substituents is 1. The molecule has 136 valence electrons. The second-order valence-electron chi connectivity index (χ2n) is 5.64. The Morgan fingerprint density at radius 2 is 1.92 bits per heavy atom. The van der Waals surface area contributed by atoms with E-state index in [9.17, 15) is 19.7 Å². The van der Waals surface area contributed by atoms with Crippen LogP contribution in [-0.2, 0) is 16.1 Å². The van der Waals surface area contributed by atoms with Gasteiger partial charge in [0.05, 0.1) is 4.92 Å². The maximum Gasteiger partial charge on any atom is 0.310 e. The lowest BCUT2D eigenvalue weighted by Crippen LogP contribution is -2.23. The molecule has 2 aromatic carbocycles. The van der Waals surface area contributed by atoms with E-state index in [1.54, 1.807) is 36.2 Å². The van der Waals surface area contributed by atoms with Crippen LogP contribution in [0.1, 0.15) is 12.5 Å². The second kappa shape index (κ2) is 8.61. The number of carbonyl (C=O) groups excluding carboxylic acids is 2. The summed E-state index contributed by atoms with van der Waals surface area (Å²) in [7, 11) is 1.69. The molecule has 0 aliphatic heterocycles. The van der Waals surface area contributed by atoms with Gasteiger partial charge in [0.15, 0.2) is 12.4 Å². The summed E-state index contributed by atoms with van der Waals surface area (Å²) in [5.74, 6) is -0.470. The molecule has 0 aromatic heterocycles. The van der Waals surface area contributed by atoms with Crippen LogP contribution in [0.25, 0.3) is 0 Å². The molecular formula is C18H19N3O5. The molecule has 0 aliphatic rings. The summed E-state index contributed by atoms with van der Waals surface area (Å²) < 4.78 is 5.25. The molecule has 0 saturated carbocycles. The molecule has 1 N–H and O–H groups in total. The van der Waals surface area contributed by atoms with Gasteiger partial charge in [0.25, 0.3) is 5.91 Å². The number of nitro groups is 1. The molecular weight excluding hydrogens is 338 g/mol. The third kappa shape index (κ3) is 5.30. The zero-order valence-corrected chi connectivity index (χ0v) is 14.5. The fourth-order valence-corrected chi connectivity index (χ4v) is 2.20. The molecule has 2 rings (SSSR count). The molecule has 0 bridgehead atoms. The minimum Gasteiger partial charge on any atom is -0.477 e. The first-order valence-electron chi connectivity index (χ1n) is 7.83. The van der Waals surface area contributed by atoms with Crippen LogP contribution < -0.4 is 10.1 Å². The lowest BCUT2D eigenvalue weighted by atomic mass is 10.2. The van der Waals surface area contributed by atoms with E-state index in [0.29, 0.717) is 12.2 Å². The van der Waals surface area contributed by atoms with E-state index in [1.165, 1.54) is 25.1 Å². The van der Waals surface area contributed by atoms with Gasteiger partial charge in [-0.05, 0) is 23.8 Å². The van der Waals surface area contributed by atoms with Gasteiger partial charge in [-0.1, -0.05) is 24.3 Å². The van der Waals surface area contributed by atoms with Crippen LogP contribution in [0.4, 0.5) is 11.4 Å². The summed E-state index contributed by atoms with van der Waals surface area (Å²) in [4.78, 5) is 35.3. The molecule has 0 unspecified atom stereocenters. The van der Waals surface area contributed by atoms with E-state index in [2.05, 4.69) is 5.32 Å². The standard InChI is InChI=1S/C18H19N3O5/c1-13(22)20(2)11-14-6-5-7-15(10-14)19-18(23)12-26-17-9-4-3-8-16(17)21(24)25/h3-10H,11-12H2,1-2H3,(H,19,23). The number of rotatable bonds is 7. The zero-order chi connectivity index (χ0) is 19.1. The predicted molar refractivity (Wildman–Crippen MR) is 95.8 cm³/mol. The van der Waals surface area contributed by atoms with Gasteiger partial charge in [0.2, 0.25) is 5.91 Å². The first-order chi connectivity index (χ1) is 12.4. The normalized spacial score (nSPS) is 10.1. The number of amides is 2. The Kier molecular flexibility index (Phi) is 6.26. The van der Waals surface area contributed by atoms with Crippen molar-refractivity contribution in [1.82, 2.24) is 4.90 Å². The van der Waals surface area contributed by atoms with Crippen molar-refractivity contribution in [1.29, 1.82) is 0 Å². The van der Waals surface area contributed by atoms with Crippen LogP contribution in [0.5, 0.6) is 5.75 Å². The number of anilines is 1. The average Bonchev–Trinajstić information content (AvgIpc) is 2.60. The average molecular weight is 357 g/mol. The topological polar surface area (TPSA) is 102 Å². The zero-order valence-electron chi connectivity index (χ0n) is 14.5. The van der Waals surface area contributed by atoms with Crippen LogP contribution in [0.3, 0.4) is 0 Å². The quantitative estimate of drug-likeness (QED) is 0.606. The van der Waals surface area contributed by atoms with Gasteiger partial charge < -0.3 is 15.0 Å². The molecule has 0 aliphatic carbocycles. The predicted octanol–water partition coefficient (Wildman–Crippen LogP) is 2.59. The summed E-state index contributed by atoms with van der Waals surface area (Å²) in [6, 6.07) is 12.9. The number of hydrogen-bond donors (Lipinski definition) is 1. The van der Waals surface area contributed by atoms with Crippen molar-refractivity contribution in [2.75, 3.05) is 19.0 Å². The van der Waals surface area contributed by atoms with Crippen LogP contribution in [0, 0.1) is 10.1 Å². The van der Waals surface area contributed by atoms with Crippen molar-refractivity contribution in [2.45, 2.75) is 13.5 Å². The minimum atomic E-state index is -0.567. The fraction of sp³-hybridized carbons (Fsp3) is 0.222. The number of para-hydroxylation sites is 2. The molecule has 0 fully saturated rings. The SMILES string of the molecule is CC(=O)N(C)Cc1cccc(NC(=O)COc2ccccc2[N+](=O)[O-])c1. The molecule has 26 heavy (non-hydrogen) atoms. The van der Waals surface area contributed by atoms with Gasteiger partial charge in [-0.25, -0.2) is 0 Å². The van der Waals surface area contributed by atoms with Crippen molar-refractivity contribution in [3.8, 4) is 5.75 Å². The minimum absolute atomic E-state index is 0.0319. The van der Waals surface area contributed by atoms with Crippen molar-refractivity contribution in [3.05, 3.63) is 64.2 Å². The summed E-state index contributed by atoms with van der Waals surface area (Å²) in [6.45, 7) is 1.54. The maximum absolute atomic E-state index is 12.0. The largest absolute Gasteiger partial charge is 0.477 e. The Hall–Kier alpha value is -3.42. The molecule has 2 aromatic rings. The van der Waals surface area contributed by atoms with Crippen molar-refractivity contribution < 1.29 is 19.2 Å². The molecule has 8 nitrogen and oxygen atoms in total. The fourth-order valence-electron chi connectivity index (χ4n) is 2.20. The van der Waals surface area contributed by atoms with Crippen LogP contribution >= 0.6 is 0 Å². The number of benzene rings is 2. The lowest BCUT2D eigenvalue weighted by Gasteiger charge is -2.15. The molecule has 2 amide bonds. The van der Waals surface area contributed by atoms with Gasteiger partial charge in [0, 0.05) is 32.3 Å². The van der Waals surface area contributed by atoms with E-state index >= 15 is 0 Å². The first kappa shape index (κ1) is 18.9. The monoisotopic (exact) mass is 357 g/mol. The molecule has 0 heterocycles. The lowest BCUT2D eigenvalue weighted by molar-refractivity contribution is -0.385. The van der Waals surface area contributed by atoms with E-state index in [-0.39, 0.29) is 24.0 Å². The van der Waals surface area contributed by atoms with E-state index in [1.807, 2.05) is 6.07 Å². The van der Waals surface area contributed by atoms with Crippen molar-refractivity contribution in [2.24, 2.45) is 0 Å². The van der Waals surface area contributed by atoms with Crippen LogP contribution in [0.2, 0.25) is 0 Å². The van der Waals surface area contributed by atoms with Gasteiger partial charge >= 0.3 is 5.69 Å². The van der Waals surface area contributed by atoms with Crippen LogP contribution in [-0.4, -0.2) is 35.3 Å². The Bertz CT molecular complexity index is 822. The summed E-state index contributed by atoms with van der Waals surface area (Å²) in [6.07, 6.45) is 0. The number of nitrogens with one attached hydrogen (secondary N) is 1. The number of nitrogens with zero attached hydrogens (tertiary/aromatic N) is 2. The van der Waals surface area contributed by atoms with Crippen LogP contribution in [0.15, 0.2) is 48.5 Å². The Morgan fingerprint density at radius 3 is 2.62 bits per heavy atom. The van der Waals surface area contributed by atoms with Gasteiger partial charge in [-0.3, -0.25) is 19.7 Å². The highest BCUT2D eigenvalue weighted by atomic mass is 16.6. The number of carbonyl (C=O) groups is 2. The summed E-state index contributed by atoms with van der Waals surface area (Å²) in [5.41, 5.74) is 1.21. The Morgan fingerprint density at radius 1 is 1.19 bits per heavy atom. The van der Waals surface area contributed by atoms with Gasteiger partial charge in [-0.2, -0.15) is 0 Å². The molecule has 8 heteroatoms. The Balaban J connectivity index is 1.96. The second-order valence-corrected chi connectivity index (χ2v) is 5.64. The number of hydrogen-bond acceptors (Lipinski definition) is 5. The van der Waals surface area contributed by atoms with Crippen molar-refractivity contribution in [3.63, 3.8) is 0 Å². The highest BCUT2D eigenvalue weighted by Crippen LogP contribution is 2.25. The molecule has 0 saturated heterocycles. The molecule has 0 atom stereocenters. The summed E-state index contributed by atoms with van der Waals surface area (Å²) in [5, 5.41) is 13.6. The summed E-state index contributed by atoms with van der Waals surface area (Å²) >= 11 is 0. The van der Waals surface area contributed by atoms with E-state index in [4.69, 9.17) is 4.74 Å². The smallest absolute Gasteiger partial charge is 0.310 e. The highest BCUT2D eigenvalue weighted by Gasteiger charge is 2.15. The number of ether oxygens (including phenoxy) is 1. The van der Waals surface area contributed by atoms with E-state index < -0.39 is 10.8 Å². The van der Waals surface area contributed by atoms with Gasteiger partial charge in [0.1, 0.15) is 0 Å². The molecule has 0 radical (unpaired) electrons. The van der Waals surface area contributed by atoms with Crippen molar-refractivity contribution >= 4 is 23.2 Å².